The number of amides is 1. The highest BCUT2D eigenvalue weighted by atomic mass is 16.6. The Kier molecular flexibility index (Phi) is 6.15. The van der Waals surface area contributed by atoms with Gasteiger partial charge < -0.3 is 10.1 Å². The van der Waals surface area contributed by atoms with Gasteiger partial charge in [0.25, 0.3) is 11.6 Å². The van der Waals surface area contributed by atoms with E-state index in [9.17, 15) is 19.7 Å². The Balaban J connectivity index is 1.47. The first-order chi connectivity index (χ1) is 13.5. The van der Waals surface area contributed by atoms with Crippen LogP contribution in [0, 0.1) is 10.1 Å². The summed E-state index contributed by atoms with van der Waals surface area (Å²) in [4.78, 5) is 33.9. The Morgan fingerprint density at radius 1 is 1.25 bits per heavy atom. The predicted octanol–water partition coefficient (Wildman–Crippen LogP) is 3.10. The molecule has 3 rings (SSSR count). The summed E-state index contributed by atoms with van der Waals surface area (Å²) in [6, 6.07) is 7.71. The SMILES string of the molecule is O=C(COC(=O)/C=C/c1ccc([N+](=O)[O-])cc1)Nc1ccnn1C1CCCC1. The van der Waals surface area contributed by atoms with Gasteiger partial charge in [0, 0.05) is 24.3 Å². The van der Waals surface area contributed by atoms with Crippen LogP contribution in [0.1, 0.15) is 37.3 Å². The zero-order chi connectivity index (χ0) is 19.9. The normalized spacial score (nSPS) is 14.3. The lowest BCUT2D eigenvalue weighted by molar-refractivity contribution is -0.384. The second kappa shape index (κ2) is 8.94. The first-order valence-electron chi connectivity index (χ1n) is 8.95. The predicted molar refractivity (Wildman–Crippen MR) is 101 cm³/mol. The van der Waals surface area contributed by atoms with Gasteiger partial charge in [0.1, 0.15) is 5.82 Å². The van der Waals surface area contributed by atoms with Gasteiger partial charge in [-0.25, -0.2) is 9.48 Å². The van der Waals surface area contributed by atoms with Gasteiger partial charge in [-0.05, 0) is 36.6 Å². The maximum absolute atomic E-state index is 12.0. The van der Waals surface area contributed by atoms with E-state index in [0.29, 0.717) is 11.4 Å². The first-order valence-corrected chi connectivity index (χ1v) is 8.95. The van der Waals surface area contributed by atoms with Crippen molar-refractivity contribution >= 4 is 29.5 Å². The van der Waals surface area contributed by atoms with E-state index >= 15 is 0 Å². The molecule has 1 amide bonds. The number of hydrogen-bond donors (Lipinski definition) is 1. The largest absolute Gasteiger partial charge is 0.452 e. The van der Waals surface area contributed by atoms with E-state index < -0.39 is 23.4 Å². The molecule has 1 N–H and O–H groups in total. The Labute approximate surface area is 161 Å². The molecule has 146 valence electrons. The van der Waals surface area contributed by atoms with E-state index in [2.05, 4.69) is 10.4 Å². The van der Waals surface area contributed by atoms with Gasteiger partial charge in [0.05, 0.1) is 17.2 Å². The summed E-state index contributed by atoms with van der Waals surface area (Å²) in [5, 5.41) is 17.6. The minimum Gasteiger partial charge on any atom is -0.452 e. The summed E-state index contributed by atoms with van der Waals surface area (Å²) in [6.07, 6.45) is 8.62. The van der Waals surface area contributed by atoms with Gasteiger partial charge in [0.2, 0.25) is 0 Å². The average Bonchev–Trinajstić information content (AvgIpc) is 3.36. The first kappa shape index (κ1) is 19.3. The van der Waals surface area contributed by atoms with Crippen LogP contribution in [0.4, 0.5) is 11.5 Å². The number of anilines is 1. The highest BCUT2D eigenvalue weighted by Gasteiger charge is 2.20. The van der Waals surface area contributed by atoms with Crippen molar-refractivity contribution in [3.63, 3.8) is 0 Å². The van der Waals surface area contributed by atoms with E-state index in [1.54, 1.807) is 16.9 Å². The van der Waals surface area contributed by atoms with E-state index in [4.69, 9.17) is 4.74 Å². The fourth-order valence-corrected chi connectivity index (χ4v) is 3.09. The summed E-state index contributed by atoms with van der Waals surface area (Å²) in [6.45, 7) is -0.417. The number of benzene rings is 1. The molecule has 2 aromatic rings. The van der Waals surface area contributed by atoms with Crippen molar-refractivity contribution in [1.29, 1.82) is 0 Å². The Morgan fingerprint density at radius 2 is 1.96 bits per heavy atom. The molecule has 0 bridgehead atoms. The standard InChI is InChI=1S/C19H20N4O5/c24-18(21-17-11-12-20-22(17)15-3-1-2-4-15)13-28-19(25)10-7-14-5-8-16(9-6-14)23(26)27/h5-12,15H,1-4,13H2,(H,21,24)/b10-7+. The van der Waals surface area contributed by atoms with Gasteiger partial charge in [-0.2, -0.15) is 5.10 Å². The van der Waals surface area contributed by atoms with Crippen molar-refractivity contribution in [2.24, 2.45) is 0 Å². The number of rotatable bonds is 7. The third-order valence-electron chi connectivity index (χ3n) is 4.47. The van der Waals surface area contributed by atoms with Gasteiger partial charge in [-0.3, -0.25) is 14.9 Å². The fourth-order valence-electron chi connectivity index (χ4n) is 3.09. The molecule has 1 aliphatic rings. The minimum atomic E-state index is -0.683. The van der Waals surface area contributed by atoms with Crippen LogP contribution in [-0.2, 0) is 14.3 Å². The second-order valence-corrected chi connectivity index (χ2v) is 6.44. The highest BCUT2D eigenvalue weighted by Crippen LogP contribution is 2.31. The summed E-state index contributed by atoms with van der Waals surface area (Å²) in [5.74, 6) is -0.538. The molecule has 1 aromatic carbocycles. The fraction of sp³-hybridized carbons (Fsp3) is 0.316. The molecule has 0 atom stereocenters. The van der Waals surface area contributed by atoms with Crippen LogP contribution in [0.2, 0.25) is 0 Å². The van der Waals surface area contributed by atoms with Crippen molar-refractivity contribution < 1.29 is 19.2 Å². The van der Waals surface area contributed by atoms with Crippen LogP contribution in [0.3, 0.4) is 0 Å². The zero-order valence-electron chi connectivity index (χ0n) is 15.1. The van der Waals surface area contributed by atoms with Crippen LogP contribution in [0.5, 0.6) is 0 Å². The Hall–Kier alpha value is -3.49. The number of nitro benzene ring substituents is 1. The smallest absolute Gasteiger partial charge is 0.331 e. The van der Waals surface area contributed by atoms with Gasteiger partial charge in [-0.15, -0.1) is 0 Å². The molecule has 1 saturated carbocycles. The molecule has 28 heavy (non-hydrogen) atoms. The van der Waals surface area contributed by atoms with Gasteiger partial charge >= 0.3 is 5.97 Å². The van der Waals surface area contributed by atoms with E-state index in [-0.39, 0.29) is 11.7 Å². The van der Waals surface area contributed by atoms with Crippen LogP contribution >= 0.6 is 0 Å². The van der Waals surface area contributed by atoms with Crippen molar-refractivity contribution in [3.8, 4) is 0 Å². The average molecular weight is 384 g/mol. The molecule has 1 fully saturated rings. The maximum Gasteiger partial charge on any atom is 0.331 e. The molecule has 0 saturated heterocycles. The molecule has 9 nitrogen and oxygen atoms in total. The molecular formula is C19H20N4O5. The number of hydrogen-bond acceptors (Lipinski definition) is 6. The van der Waals surface area contributed by atoms with Crippen LogP contribution in [0.25, 0.3) is 6.08 Å². The lowest BCUT2D eigenvalue weighted by Crippen LogP contribution is -2.22. The molecule has 1 heterocycles. The van der Waals surface area contributed by atoms with E-state index in [1.165, 1.54) is 30.3 Å². The third kappa shape index (κ3) is 5.03. The maximum atomic E-state index is 12.0. The number of nitrogens with zero attached hydrogens (tertiary/aromatic N) is 3. The van der Waals surface area contributed by atoms with Crippen molar-refractivity contribution in [3.05, 3.63) is 58.3 Å². The van der Waals surface area contributed by atoms with Gasteiger partial charge in [0.15, 0.2) is 6.61 Å². The number of nitrogens with one attached hydrogen (secondary N) is 1. The number of carbonyl (C=O) groups is 2. The Morgan fingerprint density at radius 3 is 2.64 bits per heavy atom. The number of nitro groups is 1. The lowest BCUT2D eigenvalue weighted by Gasteiger charge is -2.14. The summed E-state index contributed by atoms with van der Waals surface area (Å²) >= 11 is 0. The van der Waals surface area contributed by atoms with E-state index in [0.717, 1.165) is 31.8 Å². The summed E-state index contributed by atoms with van der Waals surface area (Å²) in [5.41, 5.74) is 0.570. The molecule has 1 aliphatic carbocycles. The monoisotopic (exact) mass is 384 g/mol. The molecule has 0 radical (unpaired) electrons. The van der Waals surface area contributed by atoms with Crippen LogP contribution in [0.15, 0.2) is 42.6 Å². The van der Waals surface area contributed by atoms with E-state index in [1.807, 2.05) is 0 Å². The van der Waals surface area contributed by atoms with Gasteiger partial charge in [-0.1, -0.05) is 12.8 Å². The molecule has 9 heteroatoms. The highest BCUT2D eigenvalue weighted by molar-refractivity contribution is 5.94. The molecule has 0 spiro atoms. The number of carbonyl (C=O) groups excluding carboxylic acids is 2. The number of ether oxygens (including phenoxy) is 1. The lowest BCUT2D eigenvalue weighted by atomic mass is 10.2. The molecular weight excluding hydrogens is 364 g/mol. The van der Waals surface area contributed by atoms with Crippen molar-refractivity contribution in [2.75, 3.05) is 11.9 Å². The third-order valence-corrected chi connectivity index (χ3v) is 4.47. The summed E-state index contributed by atoms with van der Waals surface area (Å²) < 4.78 is 6.73. The minimum absolute atomic E-state index is 0.0340. The quantitative estimate of drug-likeness (QED) is 0.339. The topological polar surface area (TPSA) is 116 Å². The Bertz CT molecular complexity index is 882. The number of aromatic nitrogens is 2. The summed E-state index contributed by atoms with van der Waals surface area (Å²) in [7, 11) is 0. The molecule has 0 unspecified atom stereocenters. The number of non-ortho nitro benzene ring substituents is 1. The van der Waals surface area contributed by atoms with Crippen LogP contribution < -0.4 is 5.32 Å². The molecule has 0 aliphatic heterocycles. The number of esters is 1. The zero-order valence-corrected chi connectivity index (χ0v) is 15.1. The molecule has 1 aromatic heterocycles. The van der Waals surface area contributed by atoms with Crippen molar-refractivity contribution in [2.45, 2.75) is 31.7 Å². The second-order valence-electron chi connectivity index (χ2n) is 6.44. The van der Waals surface area contributed by atoms with Crippen LogP contribution in [-0.4, -0.2) is 33.2 Å². The van der Waals surface area contributed by atoms with Crippen molar-refractivity contribution in [1.82, 2.24) is 9.78 Å².